The van der Waals surface area contributed by atoms with Crippen LogP contribution in [0.1, 0.15) is 11.1 Å². The molecule has 0 saturated heterocycles. The van der Waals surface area contributed by atoms with Crippen LogP contribution in [-0.2, 0) is 13.0 Å². The molecular weight excluding hydrogens is 318 g/mol. The molecule has 1 aromatic heterocycles. The zero-order valence-electron chi connectivity index (χ0n) is 13.8. The lowest BCUT2D eigenvalue weighted by Crippen LogP contribution is -2.31. The first kappa shape index (κ1) is 18.4. The standard InChI is InChI=1S/C20H23N3.ClH/c21-11-14-23(13-10-17-5-2-1-3-6-17)16-18-8-9-20-19(15-18)7-4-12-22-20;/h1-9,12,15H,10-11,13-14,16,21H2;1H. The third-order valence-corrected chi connectivity index (χ3v) is 4.08. The van der Waals surface area contributed by atoms with Gasteiger partial charge in [0.2, 0.25) is 0 Å². The van der Waals surface area contributed by atoms with Gasteiger partial charge in [0.1, 0.15) is 0 Å². The van der Waals surface area contributed by atoms with Gasteiger partial charge in [0.25, 0.3) is 0 Å². The molecule has 0 bridgehead atoms. The van der Waals surface area contributed by atoms with E-state index in [2.05, 4.69) is 64.5 Å². The monoisotopic (exact) mass is 341 g/mol. The molecule has 0 atom stereocenters. The van der Waals surface area contributed by atoms with E-state index in [1.807, 2.05) is 12.3 Å². The number of rotatable bonds is 7. The summed E-state index contributed by atoms with van der Waals surface area (Å²) >= 11 is 0. The van der Waals surface area contributed by atoms with E-state index in [1.165, 1.54) is 16.5 Å². The second-order valence-corrected chi connectivity index (χ2v) is 5.83. The lowest BCUT2D eigenvalue weighted by molar-refractivity contribution is 0.276. The molecule has 0 unspecified atom stereocenters. The third-order valence-electron chi connectivity index (χ3n) is 4.08. The summed E-state index contributed by atoms with van der Waals surface area (Å²) in [6.07, 6.45) is 2.89. The van der Waals surface area contributed by atoms with Crippen molar-refractivity contribution in [2.75, 3.05) is 19.6 Å². The Hall–Kier alpha value is -1.94. The summed E-state index contributed by atoms with van der Waals surface area (Å²) < 4.78 is 0. The Balaban J connectivity index is 0.00000208. The van der Waals surface area contributed by atoms with E-state index >= 15 is 0 Å². The van der Waals surface area contributed by atoms with E-state index in [9.17, 15) is 0 Å². The molecule has 3 rings (SSSR count). The Bertz CT molecular complexity index is 746. The molecule has 126 valence electrons. The summed E-state index contributed by atoms with van der Waals surface area (Å²) in [5, 5.41) is 1.20. The Labute approximate surface area is 149 Å². The number of aromatic nitrogens is 1. The summed E-state index contributed by atoms with van der Waals surface area (Å²) in [7, 11) is 0. The summed E-state index contributed by atoms with van der Waals surface area (Å²) in [6, 6.07) is 21.2. The first-order chi connectivity index (χ1) is 11.3. The first-order valence-electron chi connectivity index (χ1n) is 8.15. The zero-order chi connectivity index (χ0) is 15.9. The minimum Gasteiger partial charge on any atom is -0.329 e. The average Bonchev–Trinajstić information content (AvgIpc) is 2.61. The molecule has 0 amide bonds. The fourth-order valence-electron chi connectivity index (χ4n) is 2.87. The second-order valence-electron chi connectivity index (χ2n) is 5.83. The number of pyridine rings is 1. The van der Waals surface area contributed by atoms with Gasteiger partial charge in [-0.25, -0.2) is 0 Å². The highest BCUT2D eigenvalue weighted by molar-refractivity contribution is 5.85. The molecule has 0 aliphatic carbocycles. The van der Waals surface area contributed by atoms with Crippen molar-refractivity contribution in [3.63, 3.8) is 0 Å². The molecule has 1 heterocycles. The van der Waals surface area contributed by atoms with E-state index in [4.69, 9.17) is 5.73 Å². The van der Waals surface area contributed by atoms with Crippen LogP contribution in [0.25, 0.3) is 10.9 Å². The molecule has 0 aliphatic heterocycles. The van der Waals surface area contributed by atoms with Gasteiger partial charge >= 0.3 is 0 Å². The van der Waals surface area contributed by atoms with E-state index in [1.54, 1.807) is 0 Å². The van der Waals surface area contributed by atoms with Crippen molar-refractivity contribution in [2.24, 2.45) is 5.73 Å². The van der Waals surface area contributed by atoms with Gasteiger partial charge in [-0.15, -0.1) is 12.4 Å². The largest absolute Gasteiger partial charge is 0.329 e. The topological polar surface area (TPSA) is 42.1 Å². The van der Waals surface area contributed by atoms with Crippen molar-refractivity contribution in [1.82, 2.24) is 9.88 Å². The predicted molar refractivity (Wildman–Crippen MR) is 103 cm³/mol. The summed E-state index contributed by atoms with van der Waals surface area (Å²) in [5.41, 5.74) is 9.52. The van der Waals surface area contributed by atoms with E-state index in [0.29, 0.717) is 6.54 Å². The fourth-order valence-corrected chi connectivity index (χ4v) is 2.87. The SMILES string of the molecule is Cl.NCCN(CCc1ccccc1)Cc1ccc2ncccc2c1. The number of halogens is 1. The van der Waals surface area contributed by atoms with Crippen molar-refractivity contribution in [2.45, 2.75) is 13.0 Å². The summed E-state index contributed by atoms with van der Waals surface area (Å²) in [6.45, 7) is 3.54. The minimum absolute atomic E-state index is 0. The van der Waals surface area contributed by atoms with Crippen molar-refractivity contribution >= 4 is 23.3 Å². The van der Waals surface area contributed by atoms with E-state index < -0.39 is 0 Å². The van der Waals surface area contributed by atoms with Gasteiger partial charge in [-0.05, 0) is 35.7 Å². The average molecular weight is 342 g/mol. The van der Waals surface area contributed by atoms with Gasteiger partial charge in [-0.3, -0.25) is 9.88 Å². The number of hydrogen-bond acceptors (Lipinski definition) is 3. The van der Waals surface area contributed by atoms with Crippen LogP contribution in [0.5, 0.6) is 0 Å². The zero-order valence-corrected chi connectivity index (χ0v) is 14.6. The van der Waals surface area contributed by atoms with Crippen LogP contribution in [0.4, 0.5) is 0 Å². The first-order valence-corrected chi connectivity index (χ1v) is 8.15. The number of nitrogens with zero attached hydrogens (tertiary/aromatic N) is 2. The molecule has 2 N–H and O–H groups in total. The van der Waals surface area contributed by atoms with Crippen LogP contribution in [0.15, 0.2) is 66.9 Å². The molecule has 2 aromatic carbocycles. The maximum absolute atomic E-state index is 5.79. The maximum atomic E-state index is 5.79. The Morgan fingerprint density at radius 1 is 0.875 bits per heavy atom. The smallest absolute Gasteiger partial charge is 0.0702 e. The van der Waals surface area contributed by atoms with Crippen molar-refractivity contribution in [1.29, 1.82) is 0 Å². The van der Waals surface area contributed by atoms with E-state index in [-0.39, 0.29) is 12.4 Å². The van der Waals surface area contributed by atoms with Gasteiger partial charge in [0, 0.05) is 37.8 Å². The number of fused-ring (bicyclic) bond motifs is 1. The number of hydrogen-bond donors (Lipinski definition) is 1. The minimum atomic E-state index is 0. The molecule has 0 aliphatic rings. The molecule has 0 radical (unpaired) electrons. The van der Waals surface area contributed by atoms with Crippen molar-refractivity contribution in [3.05, 3.63) is 78.0 Å². The van der Waals surface area contributed by atoms with Crippen molar-refractivity contribution in [3.8, 4) is 0 Å². The number of benzene rings is 2. The highest BCUT2D eigenvalue weighted by atomic mass is 35.5. The van der Waals surface area contributed by atoms with Crippen LogP contribution in [0.3, 0.4) is 0 Å². The Kier molecular flexibility index (Phi) is 7.19. The van der Waals surface area contributed by atoms with Gasteiger partial charge in [0.15, 0.2) is 0 Å². The molecule has 0 spiro atoms. The second kappa shape index (κ2) is 9.38. The maximum Gasteiger partial charge on any atom is 0.0702 e. The van der Waals surface area contributed by atoms with Crippen LogP contribution in [0.2, 0.25) is 0 Å². The number of nitrogens with two attached hydrogens (primary N) is 1. The molecule has 3 nitrogen and oxygen atoms in total. The van der Waals surface area contributed by atoms with Gasteiger partial charge in [0.05, 0.1) is 5.52 Å². The lowest BCUT2D eigenvalue weighted by atomic mass is 10.1. The molecule has 4 heteroatoms. The molecule has 24 heavy (non-hydrogen) atoms. The van der Waals surface area contributed by atoms with Gasteiger partial charge in [-0.1, -0.05) is 42.5 Å². The van der Waals surface area contributed by atoms with Crippen LogP contribution >= 0.6 is 12.4 Å². The summed E-state index contributed by atoms with van der Waals surface area (Å²) in [4.78, 5) is 6.80. The van der Waals surface area contributed by atoms with E-state index in [0.717, 1.165) is 31.6 Å². The quantitative estimate of drug-likeness (QED) is 0.713. The lowest BCUT2D eigenvalue weighted by Gasteiger charge is -2.22. The Morgan fingerprint density at radius 2 is 1.71 bits per heavy atom. The molecule has 0 saturated carbocycles. The predicted octanol–water partition coefficient (Wildman–Crippen LogP) is 3.66. The van der Waals surface area contributed by atoms with Crippen LogP contribution in [0, 0.1) is 0 Å². The third kappa shape index (κ3) is 5.03. The highest BCUT2D eigenvalue weighted by Gasteiger charge is 2.06. The van der Waals surface area contributed by atoms with Crippen LogP contribution < -0.4 is 5.73 Å². The molecule has 0 fully saturated rings. The molecule has 3 aromatic rings. The normalized spacial score (nSPS) is 10.8. The molecular formula is C20H24ClN3. The van der Waals surface area contributed by atoms with Gasteiger partial charge in [-0.2, -0.15) is 0 Å². The summed E-state index contributed by atoms with van der Waals surface area (Å²) in [5.74, 6) is 0. The van der Waals surface area contributed by atoms with Crippen LogP contribution in [-0.4, -0.2) is 29.5 Å². The van der Waals surface area contributed by atoms with Crippen molar-refractivity contribution < 1.29 is 0 Å². The fraction of sp³-hybridized carbons (Fsp3) is 0.250. The van der Waals surface area contributed by atoms with Gasteiger partial charge < -0.3 is 5.73 Å². The highest BCUT2D eigenvalue weighted by Crippen LogP contribution is 2.15. The Morgan fingerprint density at radius 3 is 2.50 bits per heavy atom.